The normalized spacial score (nSPS) is 16.5. The van der Waals surface area contributed by atoms with E-state index in [-0.39, 0.29) is 0 Å². The van der Waals surface area contributed by atoms with Crippen LogP contribution in [0.1, 0.15) is 41.6 Å². The van der Waals surface area contributed by atoms with Crippen LogP contribution in [0.25, 0.3) is 0 Å². The van der Waals surface area contributed by atoms with E-state index in [9.17, 15) is 5.11 Å². The fourth-order valence-corrected chi connectivity index (χ4v) is 2.36. The van der Waals surface area contributed by atoms with Crippen molar-refractivity contribution in [2.45, 2.75) is 31.3 Å². The zero-order chi connectivity index (χ0) is 12.4. The molecule has 2 aromatic rings. The van der Waals surface area contributed by atoms with Gasteiger partial charge in [0.25, 0.3) is 0 Å². The fourth-order valence-electron chi connectivity index (χ4n) is 2.36. The molecule has 0 saturated heterocycles. The van der Waals surface area contributed by atoms with Gasteiger partial charge < -0.3 is 5.11 Å². The van der Waals surface area contributed by atoms with Gasteiger partial charge in [0, 0.05) is 6.42 Å². The molecule has 0 spiro atoms. The summed E-state index contributed by atoms with van der Waals surface area (Å²) in [4.78, 5) is 0. The van der Waals surface area contributed by atoms with Crippen molar-refractivity contribution in [2.75, 3.05) is 0 Å². The summed E-state index contributed by atoms with van der Waals surface area (Å²) in [5.74, 6) is 0.783. The van der Waals surface area contributed by atoms with Crippen LogP contribution in [0.2, 0.25) is 0 Å². The van der Waals surface area contributed by atoms with Crippen LogP contribution in [-0.2, 0) is 6.42 Å². The SMILES string of the molecule is OC(Cc1ccccc1)c1ccc(C2CC2)cc1. The number of benzene rings is 2. The molecular weight excluding hydrogens is 220 g/mol. The highest BCUT2D eigenvalue weighted by Crippen LogP contribution is 2.40. The Bertz CT molecular complexity index is 497. The maximum Gasteiger partial charge on any atom is 0.0830 e. The first-order valence-corrected chi connectivity index (χ1v) is 6.65. The third-order valence-corrected chi connectivity index (χ3v) is 3.64. The van der Waals surface area contributed by atoms with E-state index < -0.39 is 6.10 Å². The van der Waals surface area contributed by atoms with Gasteiger partial charge >= 0.3 is 0 Å². The van der Waals surface area contributed by atoms with E-state index in [2.05, 4.69) is 36.4 Å². The molecule has 1 heteroatoms. The van der Waals surface area contributed by atoms with Crippen LogP contribution in [0, 0.1) is 0 Å². The van der Waals surface area contributed by atoms with Crippen molar-refractivity contribution in [1.82, 2.24) is 0 Å². The molecule has 1 saturated carbocycles. The number of hydrogen-bond donors (Lipinski definition) is 1. The van der Waals surface area contributed by atoms with Crippen LogP contribution in [-0.4, -0.2) is 5.11 Å². The van der Waals surface area contributed by atoms with Gasteiger partial charge in [-0.25, -0.2) is 0 Å². The molecule has 18 heavy (non-hydrogen) atoms. The van der Waals surface area contributed by atoms with E-state index in [1.807, 2.05) is 18.2 Å². The molecule has 1 fully saturated rings. The molecule has 1 aliphatic rings. The van der Waals surface area contributed by atoms with E-state index in [4.69, 9.17) is 0 Å². The van der Waals surface area contributed by atoms with Crippen molar-refractivity contribution in [3.63, 3.8) is 0 Å². The van der Waals surface area contributed by atoms with Gasteiger partial charge in [-0.05, 0) is 35.4 Å². The minimum atomic E-state index is -0.402. The largest absolute Gasteiger partial charge is 0.388 e. The summed E-state index contributed by atoms with van der Waals surface area (Å²) in [5, 5.41) is 10.2. The van der Waals surface area contributed by atoms with E-state index in [1.165, 1.54) is 24.0 Å². The van der Waals surface area contributed by atoms with Gasteiger partial charge in [0.15, 0.2) is 0 Å². The fraction of sp³-hybridized carbons (Fsp3) is 0.294. The van der Waals surface area contributed by atoms with Gasteiger partial charge in [0.2, 0.25) is 0 Å². The predicted molar refractivity (Wildman–Crippen MR) is 73.5 cm³/mol. The molecule has 0 heterocycles. The highest BCUT2D eigenvalue weighted by Gasteiger charge is 2.23. The molecule has 0 radical (unpaired) electrons. The first kappa shape index (κ1) is 11.5. The lowest BCUT2D eigenvalue weighted by Crippen LogP contribution is -2.01. The predicted octanol–water partition coefficient (Wildman–Crippen LogP) is 3.84. The van der Waals surface area contributed by atoms with E-state index in [0.717, 1.165) is 11.5 Å². The van der Waals surface area contributed by atoms with Crippen molar-refractivity contribution >= 4 is 0 Å². The van der Waals surface area contributed by atoms with Crippen molar-refractivity contribution in [3.8, 4) is 0 Å². The Kier molecular flexibility index (Phi) is 3.16. The Morgan fingerprint density at radius 3 is 2.22 bits per heavy atom. The molecule has 1 nitrogen and oxygen atoms in total. The van der Waals surface area contributed by atoms with Crippen LogP contribution in [0.5, 0.6) is 0 Å². The monoisotopic (exact) mass is 238 g/mol. The van der Waals surface area contributed by atoms with E-state index >= 15 is 0 Å². The lowest BCUT2D eigenvalue weighted by atomic mass is 9.99. The molecular formula is C17H18O. The molecule has 1 aliphatic carbocycles. The van der Waals surface area contributed by atoms with Gasteiger partial charge in [-0.1, -0.05) is 54.6 Å². The molecule has 0 aliphatic heterocycles. The molecule has 0 aromatic heterocycles. The summed E-state index contributed by atoms with van der Waals surface area (Å²) in [6, 6.07) is 18.6. The Labute approximate surface area is 108 Å². The second kappa shape index (κ2) is 4.95. The Morgan fingerprint density at radius 1 is 0.944 bits per heavy atom. The first-order valence-electron chi connectivity index (χ1n) is 6.65. The van der Waals surface area contributed by atoms with Crippen LogP contribution < -0.4 is 0 Å². The third-order valence-electron chi connectivity index (χ3n) is 3.64. The highest BCUT2D eigenvalue weighted by molar-refractivity contribution is 5.30. The maximum atomic E-state index is 10.2. The average Bonchev–Trinajstić information content (AvgIpc) is 3.24. The van der Waals surface area contributed by atoms with E-state index in [0.29, 0.717) is 6.42 Å². The third kappa shape index (κ3) is 2.62. The minimum absolute atomic E-state index is 0.402. The summed E-state index contributed by atoms with van der Waals surface area (Å²) in [6.07, 6.45) is 2.93. The first-order chi connectivity index (χ1) is 8.83. The van der Waals surface area contributed by atoms with Gasteiger partial charge in [0.1, 0.15) is 0 Å². The Hall–Kier alpha value is -1.60. The van der Waals surface area contributed by atoms with Crippen molar-refractivity contribution < 1.29 is 5.11 Å². The topological polar surface area (TPSA) is 20.2 Å². The van der Waals surface area contributed by atoms with Gasteiger partial charge in [-0.15, -0.1) is 0 Å². The number of aliphatic hydroxyl groups excluding tert-OH is 1. The van der Waals surface area contributed by atoms with Crippen molar-refractivity contribution in [3.05, 3.63) is 71.3 Å². The lowest BCUT2D eigenvalue weighted by molar-refractivity contribution is 0.178. The summed E-state index contributed by atoms with van der Waals surface area (Å²) >= 11 is 0. The van der Waals surface area contributed by atoms with Gasteiger partial charge in [-0.3, -0.25) is 0 Å². The molecule has 3 rings (SSSR count). The molecule has 0 amide bonds. The van der Waals surface area contributed by atoms with Crippen LogP contribution in [0.15, 0.2) is 54.6 Å². The number of rotatable bonds is 4. The molecule has 0 bridgehead atoms. The summed E-state index contributed by atoms with van der Waals surface area (Å²) in [7, 11) is 0. The average molecular weight is 238 g/mol. The summed E-state index contributed by atoms with van der Waals surface area (Å²) in [5.41, 5.74) is 3.62. The zero-order valence-corrected chi connectivity index (χ0v) is 10.4. The lowest BCUT2D eigenvalue weighted by Gasteiger charge is -2.11. The van der Waals surface area contributed by atoms with Gasteiger partial charge in [0.05, 0.1) is 6.10 Å². The number of aliphatic hydroxyl groups is 1. The summed E-state index contributed by atoms with van der Waals surface area (Å²) in [6.45, 7) is 0. The zero-order valence-electron chi connectivity index (χ0n) is 10.4. The summed E-state index contributed by atoms with van der Waals surface area (Å²) < 4.78 is 0. The van der Waals surface area contributed by atoms with Crippen LogP contribution in [0.3, 0.4) is 0 Å². The number of hydrogen-bond acceptors (Lipinski definition) is 1. The standard InChI is InChI=1S/C17H18O/c18-17(12-13-4-2-1-3-5-13)16-10-8-15(9-11-16)14-6-7-14/h1-5,8-11,14,17-18H,6-7,12H2. The Balaban J connectivity index is 1.69. The molecule has 92 valence electrons. The van der Waals surface area contributed by atoms with Crippen molar-refractivity contribution in [1.29, 1.82) is 0 Å². The second-order valence-corrected chi connectivity index (χ2v) is 5.15. The smallest absolute Gasteiger partial charge is 0.0830 e. The molecule has 1 N–H and O–H groups in total. The maximum absolute atomic E-state index is 10.2. The van der Waals surface area contributed by atoms with Crippen molar-refractivity contribution in [2.24, 2.45) is 0 Å². The minimum Gasteiger partial charge on any atom is -0.388 e. The Morgan fingerprint density at radius 2 is 1.61 bits per heavy atom. The molecule has 1 atom stereocenters. The quantitative estimate of drug-likeness (QED) is 0.858. The van der Waals surface area contributed by atoms with Crippen LogP contribution >= 0.6 is 0 Å². The highest BCUT2D eigenvalue weighted by atomic mass is 16.3. The molecule has 2 aromatic carbocycles. The second-order valence-electron chi connectivity index (χ2n) is 5.15. The van der Waals surface area contributed by atoms with E-state index in [1.54, 1.807) is 0 Å². The van der Waals surface area contributed by atoms with Gasteiger partial charge in [-0.2, -0.15) is 0 Å². The van der Waals surface area contributed by atoms with Crippen LogP contribution in [0.4, 0.5) is 0 Å². The molecule has 1 unspecified atom stereocenters.